The highest BCUT2D eigenvalue weighted by Gasteiger charge is 2.19. The van der Waals surface area contributed by atoms with Gasteiger partial charge in [-0.05, 0) is 30.7 Å². The first kappa shape index (κ1) is 15.5. The van der Waals surface area contributed by atoms with Crippen molar-refractivity contribution >= 4 is 23.5 Å². The summed E-state index contributed by atoms with van der Waals surface area (Å²) in [6.45, 7) is 1.91. The number of carboxylic acid groups (broad SMARTS) is 1. The summed E-state index contributed by atoms with van der Waals surface area (Å²) in [4.78, 5) is 24.3. The number of hydrogen-bond acceptors (Lipinski definition) is 3. The zero-order valence-electron chi connectivity index (χ0n) is 10.9. The topological polar surface area (TPSA) is 66.8 Å². The first-order chi connectivity index (χ1) is 8.95. The number of rotatable bonds is 6. The van der Waals surface area contributed by atoms with Crippen LogP contribution in [-0.2, 0) is 9.53 Å². The maximum Gasteiger partial charge on any atom is 0.323 e. The molecule has 0 spiro atoms. The van der Waals surface area contributed by atoms with Crippen LogP contribution in [0, 0.1) is 6.92 Å². The summed E-state index contributed by atoms with van der Waals surface area (Å²) in [5.41, 5.74) is 1.16. The number of halogens is 1. The molecule has 0 heterocycles. The van der Waals surface area contributed by atoms with Crippen molar-refractivity contribution in [2.24, 2.45) is 0 Å². The van der Waals surface area contributed by atoms with E-state index in [1.165, 1.54) is 12.0 Å². The Bertz CT molecular complexity index is 476. The number of aryl methyl sites for hydroxylation is 1. The minimum atomic E-state index is -1.06. The maximum atomic E-state index is 12.3. The Morgan fingerprint density at radius 3 is 2.63 bits per heavy atom. The van der Waals surface area contributed by atoms with Gasteiger partial charge in [0.25, 0.3) is 5.91 Å². The molecule has 1 aromatic rings. The van der Waals surface area contributed by atoms with E-state index in [0.717, 1.165) is 0 Å². The number of benzene rings is 1. The van der Waals surface area contributed by atoms with Crippen LogP contribution in [0.15, 0.2) is 18.2 Å². The van der Waals surface area contributed by atoms with E-state index in [9.17, 15) is 9.59 Å². The van der Waals surface area contributed by atoms with Crippen molar-refractivity contribution in [1.29, 1.82) is 0 Å². The molecule has 0 aliphatic rings. The number of carbonyl (C=O) groups is 2. The fourth-order valence-corrected chi connectivity index (χ4v) is 1.88. The van der Waals surface area contributed by atoms with Gasteiger partial charge < -0.3 is 14.7 Å². The molecule has 0 fully saturated rings. The first-order valence-electron chi connectivity index (χ1n) is 5.72. The van der Waals surface area contributed by atoms with Crippen LogP contribution in [0.1, 0.15) is 15.9 Å². The van der Waals surface area contributed by atoms with E-state index in [1.54, 1.807) is 25.1 Å². The third-order valence-corrected chi connectivity index (χ3v) is 2.83. The maximum absolute atomic E-state index is 12.3. The minimum absolute atomic E-state index is 0.226. The average Bonchev–Trinajstić information content (AvgIpc) is 2.33. The van der Waals surface area contributed by atoms with Crippen molar-refractivity contribution in [3.05, 3.63) is 34.3 Å². The molecular formula is C13H16ClNO4. The van der Waals surface area contributed by atoms with E-state index < -0.39 is 5.97 Å². The monoisotopic (exact) mass is 285 g/mol. The number of hydrogen-bond donors (Lipinski definition) is 1. The van der Waals surface area contributed by atoms with E-state index in [0.29, 0.717) is 16.1 Å². The highest BCUT2D eigenvalue weighted by Crippen LogP contribution is 2.17. The number of methoxy groups -OCH3 is 1. The molecule has 0 saturated carbocycles. The molecule has 0 aromatic heterocycles. The molecular weight excluding hydrogens is 270 g/mol. The lowest BCUT2D eigenvalue weighted by Gasteiger charge is -2.21. The Morgan fingerprint density at radius 2 is 2.11 bits per heavy atom. The van der Waals surface area contributed by atoms with Crippen molar-refractivity contribution in [1.82, 2.24) is 4.90 Å². The second-order valence-electron chi connectivity index (χ2n) is 4.07. The van der Waals surface area contributed by atoms with Crippen molar-refractivity contribution in [3.8, 4) is 0 Å². The van der Waals surface area contributed by atoms with E-state index >= 15 is 0 Å². The predicted octanol–water partition coefficient (Wildman–Crippen LogP) is 1.82. The van der Waals surface area contributed by atoms with Crippen LogP contribution in [0.3, 0.4) is 0 Å². The summed E-state index contributed by atoms with van der Waals surface area (Å²) in [7, 11) is 1.50. The van der Waals surface area contributed by atoms with Crippen molar-refractivity contribution < 1.29 is 19.4 Å². The second-order valence-corrected chi connectivity index (χ2v) is 4.51. The highest BCUT2D eigenvalue weighted by molar-refractivity contribution is 6.30. The zero-order valence-corrected chi connectivity index (χ0v) is 11.6. The Hall–Kier alpha value is -1.59. The Morgan fingerprint density at radius 1 is 1.42 bits per heavy atom. The zero-order chi connectivity index (χ0) is 14.4. The molecule has 0 unspecified atom stereocenters. The van der Waals surface area contributed by atoms with E-state index in [1.807, 2.05) is 0 Å². The molecule has 1 aromatic carbocycles. The lowest BCUT2D eigenvalue weighted by Crippen LogP contribution is -2.38. The number of ether oxygens (including phenoxy) is 1. The quantitative estimate of drug-likeness (QED) is 0.866. The summed E-state index contributed by atoms with van der Waals surface area (Å²) in [5.74, 6) is -1.40. The number of nitrogens with zero attached hydrogens (tertiary/aromatic N) is 1. The number of aliphatic carboxylic acids is 1. The summed E-state index contributed by atoms with van der Waals surface area (Å²) in [5, 5.41) is 9.37. The van der Waals surface area contributed by atoms with Crippen LogP contribution in [0.5, 0.6) is 0 Å². The van der Waals surface area contributed by atoms with Gasteiger partial charge in [0.1, 0.15) is 6.54 Å². The van der Waals surface area contributed by atoms with Crippen LogP contribution in [0.25, 0.3) is 0 Å². The average molecular weight is 286 g/mol. The lowest BCUT2D eigenvalue weighted by atomic mass is 10.1. The van der Waals surface area contributed by atoms with Gasteiger partial charge in [-0.2, -0.15) is 0 Å². The molecule has 1 N–H and O–H groups in total. The van der Waals surface area contributed by atoms with E-state index in [4.69, 9.17) is 21.4 Å². The van der Waals surface area contributed by atoms with Gasteiger partial charge in [-0.15, -0.1) is 0 Å². The normalized spacial score (nSPS) is 10.3. The smallest absolute Gasteiger partial charge is 0.323 e. The van der Waals surface area contributed by atoms with Crippen LogP contribution in [0.4, 0.5) is 0 Å². The van der Waals surface area contributed by atoms with Crippen LogP contribution in [-0.4, -0.2) is 48.7 Å². The van der Waals surface area contributed by atoms with Gasteiger partial charge in [0.05, 0.1) is 6.61 Å². The molecule has 19 heavy (non-hydrogen) atoms. The summed E-state index contributed by atoms with van der Waals surface area (Å²) in [6, 6.07) is 4.88. The van der Waals surface area contributed by atoms with Gasteiger partial charge in [-0.1, -0.05) is 11.6 Å². The van der Waals surface area contributed by atoms with Gasteiger partial charge in [0.15, 0.2) is 0 Å². The van der Waals surface area contributed by atoms with Crippen molar-refractivity contribution in [2.45, 2.75) is 6.92 Å². The molecule has 0 radical (unpaired) electrons. The Kier molecular flexibility index (Phi) is 5.79. The SMILES string of the molecule is COCCN(CC(=O)O)C(=O)c1ccc(Cl)cc1C. The van der Waals surface area contributed by atoms with E-state index in [2.05, 4.69) is 0 Å². The lowest BCUT2D eigenvalue weighted by molar-refractivity contribution is -0.137. The molecule has 6 heteroatoms. The molecule has 0 saturated heterocycles. The van der Waals surface area contributed by atoms with Gasteiger partial charge in [0, 0.05) is 24.2 Å². The fourth-order valence-electron chi connectivity index (χ4n) is 1.65. The minimum Gasteiger partial charge on any atom is -0.480 e. The molecule has 1 amide bonds. The van der Waals surface area contributed by atoms with Crippen LogP contribution in [0.2, 0.25) is 5.02 Å². The third kappa shape index (κ3) is 4.54. The molecule has 0 aliphatic carbocycles. The predicted molar refractivity (Wildman–Crippen MR) is 71.6 cm³/mol. The van der Waals surface area contributed by atoms with E-state index in [-0.39, 0.29) is 25.6 Å². The van der Waals surface area contributed by atoms with Crippen molar-refractivity contribution in [3.63, 3.8) is 0 Å². The molecule has 5 nitrogen and oxygen atoms in total. The largest absolute Gasteiger partial charge is 0.480 e. The molecule has 0 atom stereocenters. The van der Waals surface area contributed by atoms with Gasteiger partial charge in [0.2, 0.25) is 0 Å². The number of carboxylic acids is 1. The highest BCUT2D eigenvalue weighted by atomic mass is 35.5. The fraction of sp³-hybridized carbons (Fsp3) is 0.385. The molecule has 0 aliphatic heterocycles. The van der Waals surface area contributed by atoms with Crippen LogP contribution < -0.4 is 0 Å². The molecule has 104 valence electrons. The second kappa shape index (κ2) is 7.11. The summed E-state index contributed by atoms with van der Waals surface area (Å²) in [6.07, 6.45) is 0. The molecule has 1 rings (SSSR count). The summed E-state index contributed by atoms with van der Waals surface area (Å²) >= 11 is 5.83. The van der Waals surface area contributed by atoms with Crippen LogP contribution >= 0.6 is 11.6 Å². The number of carbonyl (C=O) groups excluding carboxylic acids is 1. The first-order valence-corrected chi connectivity index (χ1v) is 6.09. The van der Waals surface area contributed by atoms with Gasteiger partial charge in [-0.25, -0.2) is 0 Å². The third-order valence-electron chi connectivity index (χ3n) is 2.60. The summed E-state index contributed by atoms with van der Waals surface area (Å²) < 4.78 is 4.88. The Labute approximate surface area is 116 Å². The van der Waals surface area contributed by atoms with Gasteiger partial charge >= 0.3 is 5.97 Å². The Balaban J connectivity index is 2.93. The molecule has 0 bridgehead atoms. The van der Waals surface area contributed by atoms with Gasteiger partial charge in [-0.3, -0.25) is 9.59 Å². The standard InChI is InChI=1S/C13H16ClNO4/c1-9-7-10(14)3-4-11(9)13(18)15(5-6-19-2)8-12(16)17/h3-4,7H,5-6,8H2,1-2H3,(H,16,17). The number of amides is 1. The van der Waals surface area contributed by atoms with Crippen molar-refractivity contribution in [2.75, 3.05) is 26.8 Å².